The number of aliphatic hydroxyl groups excluding tert-OH is 1. The minimum Gasteiger partial charge on any atom is -0.495 e. The predicted octanol–water partition coefficient (Wildman–Crippen LogP) is 1.84. The minimum atomic E-state index is 0.0138. The number of ketones is 1. The van der Waals surface area contributed by atoms with Crippen molar-refractivity contribution in [1.82, 2.24) is 4.57 Å². The normalized spacial score (nSPS) is 10.8. The van der Waals surface area contributed by atoms with Crippen molar-refractivity contribution < 1.29 is 14.6 Å². The average molecular weight is 233 g/mol. The highest BCUT2D eigenvalue weighted by molar-refractivity contribution is 6.08. The van der Waals surface area contributed by atoms with Gasteiger partial charge >= 0.3 is 0 Å². The summed E-state index contributed by atoms with van der Waals surface area (Å²) in [5, 5.41) is 9.91. The molecular weight excluding hydrogens is 218 g/mol. The summed E-state index contributed by atoms with van der Waals surface area (Å²) in [6, 6.07) is 5.60. The highest BCUT2D eigenvalue weighted by Crippen LogP contribution is 2.29. The van der Waals surface area contributed by atoms with Crippen LogP contribution in [0.15, 0.2) is 24.4 Å². The molecule has 0 aliphatic rings. The Morgan fingerprint density at radius 2 is 2.24 bits per heavy atom. The molecule has 90 valence electrons. The number of para-hydroxylation sites is 1. The fourth-order valence-corrected chi connectivity index (χ4v) is 2.06. The van der Waals surface area contributed by atoms with Crippen LogP contribution in [0.25, 0.3) is 10.9 Å². The summed E-state index contributed by atoms with van der Waals surface area (Å²) in [5.41, 5.74) is 1.52. The van der Waals surface area contributed by atoms with Crippen LogP contribution in [0.4, 0.5) is 0 Å². The number of hydrogen-bond donors (Lipinski definition) is 1. The van der Waals surface area contributed by atoms with Gasteiger partial charge in [0.1, 0.15) is 5.75 Å². The largest absolute Gasteiger partial charge is 0.495 e. The number of carbonyl (C=O) groups excluding carboxylic acids is 1. The van der Waals surface area contributed by atoms with E-state index in [1.54, 1.807) is 13.3 Å². The van der Waals surface area contributed by atoms with E-state index in [1.807, 2.05) is 22.8 Å². The van der Waals surface area contributed by atoms with Crippen LogP contribution in [0.3, 0.4) is 0 Å². The van der Waals surface area contributed by atoms with Gasteiger partial charge in [-0.05, 0) is 13.0 Å². The lowest BCUT2D eigenvalue weighted by Crippen LogP contribution is -2.01. The Bertz CT molecular complexity index is 557. The number of carbonyl (C=O) groups is 1. The van der Waals surface area contributed by atoms with Gasteiger partial charge in [-0.2, -0.15) is 0 Å². The van der Waals surface area contributed by atoms with Crippen molar-refractivity contribution in [1.29, 1.82) is 0 Å². The van der Waals surface area contributed by atoms with Gasteiger partial charge in [0.25, 0.3) is 0 Å². The van der Waals surface area contributed by atoms with Gasteiger partial charge in [-0.15, -0.1) is 0 Å². The van der Waals surface area contributed by atoms with E-state index in [-0.39, 0.29) is 12.4 Å². The molecule has 4 nitrogen and oxygen atoms in total. The summed E-state index contributed by atoms with van der Waals surface area (Å²) in [5.74, 6) is 0.725. The van der Waals surface area contributed by atoms with Crippen molar-refractivity contribution in [3.63, 3.8) is 0 Å². The molecule has 17 heavy (non-hydrogen) atoms. The van der Waals surface area contributed by atoms with E-state index in [9.17, 15) is 4.79 Å². The van der Waals surface area contributed by atoms with E-state index < -0.39 is 0 Å². The molecule has 0 fully saturated rings. The van der Waals surface area contributed by atoms with Crippen LogP contribution in [0.2, 0.25) is 0 Å². The molecule has 0 atom stereocenters. The molecule has 0 spiro atoms. The minimum absolute atomic E-state index is 0.0138. The van der Waals surface area contributed by atoms with E-state index in [4.69, 9.17) is 9.84 Å². The molecule has 1 N–H and O–H groups in total. The van der Waals surface area contributed by atoms with Crippen molar-refractivity contribution in [2.45, 2.75) is 13.5 Å². The Hall–Kier alpha value is -1.81. The number of Topliss-reactive ketones (excluding diaryl/α,β-unsaturated/α-hetero) is 1. The quantitative estimate of drug-likeness (QED) is 0.820. The Balaban J connectivity index is 2.76. The Morgan fingerprint density at radius 3 is 2.82 bits per heavy atom. The fraction of sp³-hybridized carbons (Fsp3) is 0.308. The molecule has 1 aromatic heterocycles. The summed E-state index contributed by atoms with van der Waals surface area (Å²) in [4.78, 5) is 11.6. The number of fused-ring (bicyclic) bond motifs is 1. The van der Waals surface area contributed by atoms with Crippen LogP contribution in [0.5, 0.6) is 5.75 Å². The van der Waals surface area contributed by atoms with E-state index in [0.717, 1.165) is 10.9 Å². The summed E-state index contributed by atoms with van der Waals surface area (Å²) < 4.78 is 7.15. The van der Waals surface area contributed by atoms with E-state index >= 15 is 0 Å². The third-order valence-corrected chi connectivity index (χ3v) is 2.80. The van der Waals surface area contributed by atoms with Crippen LogP contribution < -0.4 is 4.74 Å². The zero-order valence-corrected chi connectivity index (χ0v) is 9.93. The number of aromatic nitrogens is 1. The van der Waals surface area contributed by atoms with Crippen LogP contribution >= 0.6 is 0 Å². The molecule has 4 heteroatoms. The van der Waals surface area contributed by atoms with Crippen molar-refractivity contribution in [3.8, 4) is 5.75 Å². The summed E-state index contributed by atoms with van der Waals surface area (Å²) in [7, 11) is 1.60. The average Bonchev–Trinajstić information content (AvgIpc) is 2.69. The first-order valence-corrected chi connectivity index (χ1v) is 5.46. The number of ether oxygens (including phenoxy) is 1. The van der Waals surface area contributed by atoms with Crippen molar-refractivity contribution >= 4 is 16.7 Å². The molecule has 2 rings (SSSR count). The monoisotopic (exact) mass is 233 g/mol. The number of rotatable bonds is 4. The van der Waals surface area contributed by atoms with E-state index in [0.29, 0.717) is 17.9 Å². The van der Waals surface area contributed by atoms with Gasteiger partial charge in [0.05, 0.1) is 19.2 Å². The lowest BCUT2D eigenvalue weighted by atomic mass is 10.1. The third kappa shape index (κ3) is 1.91. The lowest BCUT2D eigenvalue weighted by Gasteiger charge is -2.06. The highest BCUT2D eigenvalue weighted by Gasteiger charge is 2.14. The molecule has 2 aromatic rings. The molecule has 0 saturated heterocycles. The zero-order valence-electron chi connectivity index (χ0n) is 9.93. The van der Waals surface area contributed by atoms with Gasteiger partial charge in [-0.1, -0.05) is 12.1 Å². The SMILES string of the molecule is COc1cccc2c(C(C)=O)cn(CCO)c12. The lowest BCUT2D eigenvalue weighted by molar-refractivity contribution is 0.101. The molecule has 0 saturated carbocycles. The molecule has 1 aromatic carbocycles. The zero-order chi connectivity index (χ0) is 12.4. The Kier molecular flexibility index (Phi) is 3.15. The highest BCUT2D eigenvalue weighted by atomic mass is 16.5. The maximum Gasteiger partial charge on any atom is 0.161 e. The molecule has 0 amide bonds. The van der Waals surface area contributed by atoms with Crippen LogP contribution in [-0.4, -0.2) is 29.2 Å². The summed E-state index contributed by atoms with van der Waals surface area (Å²) in [6.45, 7) is 2.01. The Labute approximate surface area is 99.4 Å². The van der Waals surface area contributed by atoms with Crippen LogP contribution in [0.1, 0.15) is 17.3 Å². The van der Waals surface area contributed by atoms with E-state index in [1.165, 1.54) is 6.92 Å². The summed E-state index contributed by atoms with van der Waals surface area (Å²) in [6.07, 6.45) is 1.77. The number of aliphatic hydroxyl groups is 1. The first-order chi connectivity index (χ1) is 8.19. The maximum atomic E-state index is 11.6. The smallest absolute Gasteiger partial charge is 0.161 e. The molecule has 0 radical (unpaired) electrons. The van der Waals surface area contributed by atoms with Gasteiger partial charge < -0.3 is 14.4 Å². The number of nitrogens with zero attached hydrogens (tertiary/aromatic N) is 1. The van der Waals surface area contributed by atoms with Crippen LogP contribution in [0, 0.1) is 0 Å². The first kappa shape index (κ1) is 11.7. The molecule has 0 bridgehead atoms. The second-order valence-corrected chi connectivity index (χ2v) is 3.87. The number of hydrogen-bond acceptors (Lipinski definition) is 3. The maximum absolute atomic E-state index is 11.6. The second-order valence-electron chi connectivity index (χ2n) is 3.87. The third-order valence-electron chi connectivity index (χ3n) is 2.80. The van der Waals surface area contributed by atoms with Gasteiger partial charge in [0, 0.05) is 23.7 Å². The molecule has 0 aliphatic carbocycles. The topological polar surface area (TPSA) is 51.5 Å². The fourth-order valence-electron chi connectivity index (χ4n) is 2.06. The first-order valence-electron chi connectivity index (χ1n) is 5.46. The van der Waals surface area contributed by atoms with Gasteiger partial charge in [0.15, 0.2) is 5.78 Å². The number of methoxy groups -OCH3 is 1. The van der Waals surface area contributed by atoms with Crippen LogP contribution in [-0.2, 0) is 6.54 Å². The van der Waals surface area contributed by atoms with Gasteiger partial charge in [-0.25, -0.2) is 0 Å². The molecular formula is C13H15NO3. The molecule has 1 heterocycles. The van der Waals surface area contributed by atoms with Gasteiger partial charge in [-0.3, -0.25) is 4.79 Å². The van der Waals surface area contributed by atoms with E-state index in [2.05, 4.69) is 0 Å². The van der Waals surface area contributed by atoms with Crippen molar-refractivity contribution in [2.24, 2.45) is 0 Å². The molecule has 0 unspecified atom stereocenters. The predicted molar refractivity (Wildman–Crippen MR) is 65.6 cm³/mol. The van der Waals surface area contributed by atoms with Crippen molar-refractivity contribution in [3.05, 3.63) is 30.0 Å². The second kappa shape index (κ2) is 4.59. The van der Waals surface area contributed by atoms with Gasteiger partial charge in [0.2, 0.25) is 0 Å². The molecule has 0 aliphatic heterocycles. The Morgan fingerprint density at radius 1 is 1.47 bits per heavy atom. The summed E-state index contributed by atoms with van der Waals surface area (Å²) >= 11 is 0. The standard InChI is InChI=1S/C13H15NO3/c1-9(16)11-8-14(6-7-15)13-10(11)4-3-5-12(13)17-2/h3-5,8,15H,6-7H2,1-2H3. The number of benzene rings is 1. The van der Waals surface area contributed by atoms with Crippen molar-refractivity contribution in [2.75, 3.05) is 13.7 Å².